The van der Waals surface area contributed by atoms with Gasteiger partial charge in [-0.1, -0.05) is 26.8 Å². The standard InChI is InChI=1S/C16H22N2/c1-16(2,3)11-5-6-14-12(9-11)13-10-18(4)8-7-15(13)17-14/h5-6,9,17H,7-8,10H2,1-4H3. The molecule has 2 aromatic rings. The predicted octanol–water partition coefficient (Wildman–Crippen LogP) is 3.45. The highest BCUT2D eigenvalue weighted by Gasteiger charge is 2.20. The molecule has 2 heterocycles. The van der Waals surface area contributed by atoms with E-state index in [9.17, 15) is 0 Å². The van der Waals surface area contributed by atoms with Gasteiger partial charge in [-0.15, -0.1) is 0 Å². The normalized spacial score (nSPS) is 17.1. The van der Waals surface area contributed by atoms with Crippen molar-refractivity contribution < 1.29 is 0 Å². The zero-order chi connectivity index (χ0) is 12.9. The molecule has 1 aliphatic heterocycles. The SMILES string of the molecule is CN1CCc2[nH]c3ccc(C(C)(C)C)cc3c2C1. The molecule has 0 bridgehead atoms. The first-order chi connectivity index (χ1) is 8.45. The van der Waals surface area contributed by atoms with Crippen LogP contribution in [-0.2, 0) is 18.4 Å². The highest BCUT2D eigenvalue weighted by Crippen LogP contribution is 2.31. The van der Waals surface area contributed by atoms with Crippen LogP contribution in [0, 0.1) is 0 Å². The molecule has 2 nitrogen and oxygen atoms in total. The fourth-order valence-electron chi connectivity index (χ4n) is 2.82. The van der Waals surface area contributed by atoms with Crippen LogP contribution in [0.1, 0.15) is 37.6 Å². The van der Waals surface area contributed by atoms with Crippen molar-refractivity contribution >= 4 is 10.9 Å². The Hall–Kier alpha value is -1.28. The van der Waals surface area contributed by atoms with Crippen LogP contribution < -0.4 is 0 Å². The highest BCUT2D eigenvalue weighted by atomic mass is 15.1. The van der Waals surface area contributed by atoms with Crippen LogP contribution >= 0.6 is 0 Å². The molecule has 0 atom stereocenters. The second kappa shape index (κ2) is 3.86. The van der Waals surface area contributed by atoms with E-state index in [0.717, 1.165) is 19.5 Å². The Kier molecular flexibility index (Phi) is 2.53. The van der Waals surface area contributed by atoms with Crippen LogP contribution in [0.5, 0.6) is 0 Å². The number of nitrogens with zero attached hydrogens (tertiary/aromatic N) is 1. The number of fused-ring (bicyclic) bond motifs is 3. The lowest BCUT2D eigenvalue weighted by Gasteiger charge is -2.23. The third kappa shape index (κ3) is 1.85. The molecule has 1 aliphatic rings. The number of likely N-dealkylation sites (N-methyl/N-ethyl adjacent to an activating group) is 1. The number of rotatable bonds is 0. The summed E-state index contributed by atoms with van der Waals surface area (Å²) in [5, 5.41) is 1.42. The van der Waals surface area contributed by atoms with Gasteiger partial charge in [0.25, 0.3) is 0 Å². The molecule has 0 spiro atoms. The molecule has 0 aliphatic carbocycles. The van der Waals surface area contributed by atoms with Crippen molar-refractivity contribution in [2.45, 2.75) is 39.2 Å². The minimum Gasteiger partial charge on any atom is -0.358 e. The van der Waals surface area contributed by atoms with E-state index in [4.69, 9.17) is 0 Å². The Bertz CT molecular complexity index is 587. The Morgan fingerprint density at radius 2 is 2.00 bits per heavy atom. The third-order valence-corrected chi connectivity index (χ3v) is 4.03. The summed E-state index contributed by atoms with van der Waals surface area (Å²) in [5.41, 5.74) is 5.88. The van der Waals surface area contributed by atoms with Gasteiger partial charge in [0.2, 0.25) is 0 Å². The topological polar surface area (TPSA) is 19.0 Å². The fraction of sp³-hybridized carbons (Fsp3) is 0.500. The average Bonchev–Trinajstić information content (AvgIpc) is 2.65. The molecule has 0 fully saturated rings. The van der Waals surface area contributed by atoms with Gasteiger partial charge in [-0.05, 0) is 35.7 Å². The number of H-pyrrole nitrogens is 1. The zero-order valence-electron chi connectivity index (χ0n) is 11.8. The Balaban J connectivity index is 2.18. The minimum atomic E-state index is 0.221. The van der Waals surface area contributed by atoms with Crippen molar-refractivity contribution in [3.63, 3.8) is 0 Å². The second-order valence-corrected chi connectivity index (χ2v) is 6.58. The van der Waals surface area contributed by atoms with Crippen LogP contribution in [0.2, 0.25) is 0 Å². The maximum absolute atomic E-state index is 3.59. The lowest BCUT2D eigenvalue weighted by atomic mass is 9.86. The van der Waals surface area contributed by atoms with Gasteiger partial charge in [0.15, 0.2) is 0 Å². The highest BCUT2D eigenvalue weighted by molar-refractivity contribution is 5.85. The van der Waals surface area contributed by atoms with Gasteiger partial charge in [0.1, 0.15) is 0 Å². The summed E-state index contributed by atoms with van der Waals surface area (Å²) in [4.78, 5) is 5.99. The summed E-state index contributed by atoms with van der Waals surface area (Å²) in [6.45, 7) is 9.06. The molecular weight excluding hydrogens is 220 g/mol. The molecule has 0 radical (unpaired) electrons. The lowest BCUT2D eigenvalue weighted by Crippen LogP contribution is -2.26. The molecule has 0 saturated heterocycles. The Labute approximate surface area is 109 Å². The molecule has 0 saturated carbocycles. The molecule has 0 amide bonds. The Morgan fingerprint density at radius 1 is 1.22 bits per heavy atom. The minimum absolute atomic E-state index is 0.221. The number of aromatic nitrogens is 1. The van der Waals surface area contributed by atoms with Gasteiger partial charge >= 0.3 is 0 Å². The van der Waals surface area contributed by atoms with Crippen molar-refractivity contribution in [3.8, 4) is 0 Å². The first kappa shape index (κ1) is 11.8. The largest absolute Gasteiger partial charge is 0.358 e. The quantitative estimate of drug-likeness (QED) is 0.749. The number of hydrogen-bond donors (Lipinski definition) is 1. The van der Waals surface area contributed by atoms with Gasteiger partial charge in [-0.25, -0.2) is 0 Å². The average molecular weight is 242 g/mol. The van der Waals surface area contributed by atoms with Gasteiger partial charge in [0.05, 0.1) is 0 Å². The van der Waals surface area contributed by atoms with E-state index in [1.54, 1.807) is 0 Å². The van der Waals surface area contributed by atoms with Crippen molar-refractivity contribution in [3.05, 3.63) is 35.0 Å². The van der Waals surface area contributed by atoms with E-state index >= 15 is 0 Å². The van der Waals surface area contributed by atoms with E-state index in [-0.39, 0.29) is 5.41 Å². The predicted molar refractivity (Wildman–Crippen MR) is 77.0 cm³/mol. The lowest BCUT2D eigenvalue weighted by molar-refractivity contribution is 0.313. The van der Waals surface area contributed by atoms with Crippen molar-refractivity contribution in [2.24, 2.45) is 0 Å². The van der Waals surface area contributed by atoms with E-state index in [0.29, 0.717) is 0 Å². The summed E-state index contributed by atoms with van der Waals surface area (Å²) in [5.74, 6) is 0. The number of nitrogens with one attached hydrogen (secondary N) is 1. The van der Waals surface area contributed by atoms with E-state index in [1.807, 2.05) is 0 Å². The maximum atomic E-state index is 3.59. The number of hydrogen-bond acceptors (Lipinski definition) is 1. The molecule has 0 unspecified atom stereocenters. The molecule has 2 heteroatoms. The Morgan fingerprint density at radius 3 is 2.72 bits per heavy atom. The van der Waals surface area contributed by atoms with Gasteiger partial charge < -0.3 is 9.88 Å². The fourth-order valence-corrected chi connectivity index (χ4v) is 2.82. The number of benzene rings is 1. The summed E-state index contributed by atoms with van der Waals surface area (Å²) >= 11 is 0. The van der Waals surface area contributed by atoms with Gasteiger partial charge in [-0.3, -0.25) is 0 Å². The van der Waals surface area contributed by atoms with Crippen LogP contribution in [0.15, 0.2) is 18.2 Å². The molecule has 3 rings (SSSR count). The van der Waals surface area contributed by atoms with E-state index in [1.165, 1.54) is 27.7 Å². The summed E-state index contributed by atoms with van der Waals surface area (Å²) in [7, 11) is 2.20. The maximum Gasteiger partial charge on any atom is 0.0459 e. The summed E-state index contributed by atoms with van der Waals surface area (Å²) < 4.78 is 0. The van der Waals surface area contributed by atoms with Crippen LogP contribution in [-0.4, -0.2) is 23.5 Å². The van der Waals surface area contributed by atoms with Gasteiger partial charge in [-0.2, -0.15) is 0 Å². The van der Waals surface area contributed by atoms with Crippen molar-refractivity contribution in [1.82, 2.24) is 9.88 Å². The zero-order valence-corrected chi connectivity index (χ0v) is 11.8. The van der Waals surface area contributed by atoms with E-state index in [2.05, 4.69) is 55.9 Å². The molecule has 1 aromatic heterocycles. The van der Waals surface area contributed by atoms with Crippen LogP contribution in [0.25, 0.3) is 10.9 Å². The molecular formula is C16H22N2. The molecule has 1 N–H and O–H groups in total. The molecule has 18 heavy (non-hydrogen) atoms. The van der Waals surface area contributed by atoms with Crippen molar-refractivity contribution in [2.75, 3.05) is 13.6 Å². The van der Waals surface area contributed by atoms with Crippen molar-refractivity contribution in [1.29, 1.82) is 0 Å². The second-order valence-electron chi connectivity index (χ2n) is 6.58. The smallest absolute Gasteiger partial charge is 0.0459 e. The third-order valence-electron chi connectivity index (χ3n) is 4.03. The molecule has 96 valence electrons. The van der Waals surface area contributed by atoms with Crippen LogP contribution in [0.3, 0.4) is 0 Å². The van der Waals surface area contributed by atoms with E-state index < -0.39 is 0 Å². The first-order valence-corrected chi connectivity index (χ1v) is 6.77. The number of aromatic amines is 1. The molecule has 1 aromatic carbocycles. The monoisotopic (exact) mass is 242 g/mol. The summed E-state index contributed by atoms with van der Waals surface area (Å²) in [6, 6.07) is 6.88. The van der Waals surface area contributed by atoms with Crippen LogP contribution in [0.4, 0.5) is 0 Å². The first-order valence-electron chi connectivity index (χ1n) is 6.77. The summed E-state index contributed by atoms with van der Waals surface area (Å²) in [6.07, 6.45) is 1.14. The van der Waals surface area contributed by atoms with Gasteiger partial charge in [0, 0.05) is 36.1 Å².